The Bertz CT molecular complexity index is 2940. The largest absolute Gasteiger partial charge is 0.396 e. The van der Waals surface area contributed by atoms with Crippen molar-refractivity contribution >= 4 is 63.0 Å². The lowest BCUT2D eigenvalue weighted by Gasteiger charge is -2.13. The standard InChI is InChI=1S/C25H28N6OS.C21H22ClN3OS.C4H7N3/c1-16-17(7-9-21(32)22-14-27-24(33-22)25(2,3)4)6-8-20(29-16)18-10-11-26-23(12-18)30-19-13-28-31(5)15-19;1-13-14(5-7-16(25-13)15-9-10-23-19(22)11-15)6-8-17(26)18-12-24-20(27-18)21(2,3)4;1-7-3-4(5)2-6-7/h6,8,10-15H,7,9H2,1-5H3,(H,26,30);5,7,9-12H,6,8H2,1-4H3;2-3H,5H2,1H3. The van der Waals surface area contributed by atoms with Gasteiger partial charge in [-0.05, 0) is 74.2 Å². The first-order valence-corrected chi connectivity index (χ1v) is 23.7. The number of rotatable bonds is 12. The van der Waals surface area contributed by atoms with Gasteiger partial charge >= 0.3 is 0 Å². The molecule has 8 heterocycles. The summed E-state index contributed by atoms with van der Waals surface area (Å²) in [5.41, 5.74) is 14.4. The molecule has 0 atom stereocenters. The van der Waals surface area contributed by atoms with E-state index < -0.39 is 0 Å². The van der Waals surface area contributed by atoms with Crippen LogP contribution in [0, 0.1) is 13.8 Å². The Balaban J connectivity index is 0.000000195. The molecule has 0 unspecified atom stereocenters. The monoisotopic (exact) mass is 956 g/mol. The van der Waals surface area contributed by atoms with E-state index in [0.29, 0.717) is 36.5 Å². The van der Waals surface area contributed by atoms with E-state index in [1.165, 1.54) is 22.7 Å². The number of hydrogen-bond acceptors (Lipinski definition) is 14. The van der Waals surface area contributed by atoms with Crippen molar-refractivity contribution in [3.63, 3.8) is 0 Å². The van der Waals surface area contributed by atoms with Gasteiger partial charge in [0.2, 0.25) is 0 Å². The molecule has 0 aliphatic heterocycles. The maximum Gasteiger partial charge on any atom is 0.174 e. The highest BCUT2D eigenvalue weighted by atomic mass is 35.5. The molecule has 0 saturated carbocycles. The lowest BCUT2D eigenvalue weighted by molar-refractivity contribution is 0.0978. The third-order valence-electron chi connectivity index (χ3n) is 10.3. The molecule has 0 aromatic carbocycles. The summed E-state index contributed by atoms with van der Waals surface area (Å²) in [5.74, 6) is 0.993. The summed E-state index contributed by atoms with van der Waals surface area (Å²) in [6, 6.07) is 15.6. The third kappa shape index (κ3) is 14.3. The zero-order valence-corrected chi connectivity index (χ0v) is 42.0. The van der Waals surface area contributed by atoms with Gasteiger partial charge in [0.25, 0.3) is 0 Å². The number of nitrogens with one attached hydrogen (secondary N) is 1. The van der Waals surface area contributed by atoms with Gasteiger partial charge in [0, 0.05) is 97.5 Å². The highest BCUT2D eigenvalue weighted by Crippen LogP contribution is 2.30. The van der Waals surface area contributed by atoms with E-state index in [2.05, 4.69) is 88.0 Å². The normalized spacial score (nSPS) is 11.3. The van der Waals surface area contributed by atoms with Gasteiger partial charge in [0.15, 0.2) is 11.6 Å². The van der Waals surface area contributed by atoms with Crippen LogP contribution in [0.25, 0.3) is 22.5 Å². The number of nitrogen functional groups attached to an aromatic ring is 1. The second-order valence-electron chi connectivity index (χ2n) is 18.1. The molecule has 348 valence electrons. The van der Waals surface area contributed by atoms with Crippen molar-refractivity contribution in [2.75, 3.05) is 11.1 Å². The fourth-order valence-corrected chi connectivity index (χ4v) is 8.62. The fourth-order valence-electron chi connectivity index (χ4n) is 6.57. The summed E-state index contributed by atoms with van der Waals surface area (Å²) in [6.45, 7) is 16.6. The molecule has 14 nitrogen and oxygen atoms in total. The number of ketones is 2. The predicted octanol–water partition coefficient (Wildman–Crippen LogP) is 11.2. The molecule has 0 bridgehead atoms. The van der Waals surface area contributed by atoms with E-state index in [1.807, 2.05) is 70.5 Å². The van der Waals surface area contributed by atoms with E-state index >= 15 is 0 Å². The van der Waals surface area contributed by atoms with Crippen molar-refractivity contribution in [2.45, 2.75) is 91.9 Å². The van der Waals surface area contributed by atoms with Gasteiger partial charge in [0.05, 0.1) is 54.9 Å². The Morgan fingerprint density at radius 2 is 1.15 bits per heavy atom. The highest BCUT2D eigenvalue weighted by molar-refractivity contribution is 7.14. The number of nitrogens with two attached hydrogens (primary N) is 1. The number of nitrogens with zero attached hydrogens (tertiary/aromatic N) is 10. The summed E-state index contributed by atoms with van der Waals surface area (Å²) in [7, 11) is 3.70. The van der Waals surface area contributed by atoms with Gasteiger partial charge in [-0.2, -0.15) is 10.2 Å². The first kappa shape index (κ1) is 49.9. The van der Waals surface area contributed by atoms with Crippen LogP contribution >= 0.6 is 34.3 Å². The van der Waals surface area contributed by atoms with Crippen LogP contribution in [0.1, 0.15) is 106 Å². The van der Waals surface area contributed by atoms with E-state index in [4.69, 9.17) is 22.3 Å². The van der Waals surface area contributed by atoms with Crippen molar-refractivity contribution < 1.29 is 9.59 Å². The minimum Gasteiger partial charge on any atom is -0.396 e. The minimum atomic E-state index is -0.0418. The van der Waals surface area contributed by atoms with Crippen molar-refractivity contribution in [1.29, 1.82) is 0 Å². The number of halogens is 1. The van der Waals surface area contributed by atoms with Crippen LogP contribution in [-0.4, -0.2) is 61.0 Å². The van der Waals surface area contributed by atoms with Crippen LogP contribution in [0.5, 0.6) is 0 Å². The van der Waals surface area contributed by atoms with Crippen LogP contribution in [0.2, 0.25) is 5.15 Å². The summed E-state index contributed by atoms with van der Waals surface area (Å²) in [5, 5.41) is 13.7. The number of aromatic nitrogens is 10. The summed E-state index contributed by atoms with van der Waals surface area (Å²) in [6.07, 6.45) is 16.1. The zero-order chi connectivity index (χ0) is 48.5. The maximum atomic E-state index is 12.7. The van der Waals surface area contributed by atoms with E-state index in [-0.39, 0.29) is 22.4 Å². The van der Waals surface area contributed by atoms with E-state index in [0.717, 1.165) is 76.3 Å². The van der Waals surface area contributed by atoms with Crippen molar-refractivity contribution in [3.05, 3.63) is 146 Å². The molecule has 17 heteroatoms. The SMILES string of the molecule is Cc1nc(-c2ccnc(Cl)c2)ccc1CCC(=O)c1cnc(C(C)(C)C)s1.Cc1nc(-c2ccnc(Nc3cnn(C)c3)c2)ccc1CCC(=O)c1cnc(C(C)(C)C)s1.Cn1cc(N)cn1. The van der Waals surface area contributed by atoms with E-state index in [1.54, 1.807) is 58.8 Å². The Kier molecular flexibility index (Phi) is 16.3. The number of Topliss-reactive ketones (excluding diaryl/α,β-unsaturated/α-hetero) is 2. The Morgan fingerprint density at radius 3 is 1.55 bits per heavy atom. The number of carbonyl (C=O) groups is 2. The van der Waals surface area contributed by atoms with Gasteiger partial charge in [-0.3, -0.25) is 28.9 Å². The van der Waals surface area contributed by atoms with Gasteiger partial charge < -0.3 is 11.1 Å². The Hall–Kier alpha value is -6.49. The molecule has 3 N–H and O–H groups in total. The zero-order valence-electron chi connectivity index (χ0n) is 39.6. The molecule has 0 radical (unpaired) electrons. The average Bonchev–Trinajstić information content (AvgIpc) is 4.12. The Labute approximate surface area is 405 Å². The van der Waals surface area contributed by atoms with Crippen molar-refractivity contribution in [1.82, 2.24) is 49.5 Å². The number of carbonyl (C=O) groups excluding carboxylic acids is 2. The molecule has 0 aliphatic carbocycles. The minimum absolute atomic E-state index is 0.0324. The van der Waals surface area contributed by atoms with Gasteiger partial charge in [-0.15, -0.1) is 22.7 Å². The molecule has 0 amide bonds. The molecular formula is C50H57ClN12O2S2. The van der Waals surface area contributed by atoms with Crippen LogP contribution in [0.4, 0.5) is 17.2 Å². The second kappa shape index (κ2) is 21.9. The molecular weight excluding hydrogens is 900 g/mol. The van der Waals surface area contributed by atoms with Crippen LogP contribution in [0.3, 0.4) is 0 Å². The van der Waals surface area contributed by atoms with Gasteiger partial charge in [0.1, 0.15) is 11.0 Å². The van der Waals surface area contributed by atoms with Crippen LogP contribution in [0.15, 0.2) is 98.1 Å². The first-order chi connectivity index (χ1) is 31.7. The van der Waals surface area contributed by atoms with E-state index in [9.17, 15) is 9.59 Å². The molecule has 0 fully saturated rings. The number of thiazole rings is 2. The molecule has 0 spiro atoms. The molecule has 8 rings (SSSR count). The van der Waals surface area contributed by atoms with Gasteiger partial charge in [-0.1, -0.05) is 65.3 Å². The van der Waals surface area contributed by atoms with Gasteiger partial charge in [-0.25, -0.2) is 19.9 Å². The lowest BCUT2D eigenvalue weighted by atomic mass is 9.98. The quantitative estimate of drug-likeness (QED) is 0.0873. The maximum absolute atomic E-state index is 12.7. The number of hydrogen-bond donors (Lipinski definition) is 2. The summed E-state index contributed by atoms with van der Waals surface area (Å²) < 4.78 is 3.40. The second-order valence-corrected chi connectivity index (χ2v) is 20.5. The summed E-state index contributed by atoms with van der Waals surface area (Å²) >= 11 is 8.95. The molecule has 8 aromatic rings. The average molecular weight is 958 g/mol. The third-order valence-corrected chi connectivity index (χ3v) is 13.4. The molecule has 0 aliphatic rings. The predicted molar refractivity (Wildman–Crippen MR) is 270 cm³/mol. The topological polar surface area (TPSA) is 185 Å². The Morgan fingerprint density at radius 1 is 0.657 bits per heavy atom. The number of aryl methyl sites for hydroxylation is 6. The molecule has 67 heavy (non-hydrogen) atoms. The summed E-state index contributed by atoms with van der Waals surface area (Å²) in [4.78, 5) is 53.3. The molecule has 8 aromatic heterocycles. The smallest absolute Gasteiger partial charge is 0.174 e. The molecule has 0 saturated heterocycles. The first-order valence-electron chi connectivity index (χ1n) is 21.7. The van der Waals surface area contributed by atoms with Crippen LogP contribution < -0.4 is 11.1 Å². The van der Waals surface area contributed by atoms with Crippen LogP contribution in [-0.2, 0) is 37.8 Å². The van der Waals surface area contributed by atoms with Crippen molar-refractivity contribution in [3.8, 4) is 22.5 Å². The number of anilines is 3. The lowest BCUT2D eigenvalue weighted by Crippen LogP contribution is -2.09. The highest BCUT2D eigenvalue weighted by Gasteiger charge is 2.22. The van der Waals surface area contributed by atoms with Crippen molar-refractivity contribution in [2.24, 2.45) is 14.1 Å². The number of pyridine rings is 4. The fraction of sp³-hybridized carbons (Fsp3) is 0.320.